The van der Waals surface area contributed by atoms with Gasteiger partial charge in [-0.1, -0.05) is 18.5 Å². The Labute approximate surface area is 116 Å². The Bertz CT molecular complexity index is 563. The van der Waals surface area contributed by atoms with Crippen molar-refractivity contribution in [2.75, 3.05) is 6.61 Å². The number of hydrogen-bond acceptors (Lipinski definition) is 5. The number of carbonyl (C=O) groups excluding carboxylic acids is 1. The van der Waals surface area contributed by atoms with Gasteiger partial charge in [0.15, 0.2) is 6.61 Å². The van der Waals surface area contributed by atoms with E-state index >= 15 is 0 Å². The number of carbonyl (C=O) groups is 1. The van der Waals surface area contributed by atoms with Gasteiger partial charge in [-0.25, -0.2) is 0 Å². The zero-order valence-electron chi connectivity index (χ0n) is 11.3. The second kappa shape index (κ2) is 6.70. The fraction of sp³-hybridized carbons (Fsp3) is 0.357. The molecule has 0 fully saturated rings. The normalized spacial score (nSPS) is 10.4. The van der Waals surface area contributed by atoms with Gasteiger partial charge in [-0.05, 0) is 30.7 Å². The van der Waals surface area contributed by atoms with E-state index in [-0.39, 0.29) is 6.61 Å². The van der Waals surface area contributed by atoms with Crippen LogP contribution in [-0.4, -0.2) is 22.7 Å². The van der Waals surface area contributed by atoms with Crippen molar-refractivity contribution in [1.29, 1.82) is 0 Å². The first kappa shape index (κ1) is 14.0. The number of hydrogen-bond donors (Lipinski definition) is 1. The zero-order valence-corrected chi connectivity index (χ0v) is 11.3. The molecule has 0 saturated carbocycles. The van der Waals surface area contributed by atoms with Crippen LogP contribution in [0.25, 0.3) is 11.4 Å². The average molecular weight is 275 g/mol. The minimum absolute atomic E-state index is 0.136. The van der Waals surface area contributed by atoms with Gasteiger partial charge >= 0.3 is 0 Å². The van der Waals surface area contributed by atoms with Crippen molar-refractivity contribution in [2.24, 2.45) is 5.73 Å². The van der Waals surface area contributed by atoms with Gasteiger partial charge in [-0.3, -0.25) is 4.79 Å². The van der Waals surface area contributed by atoms with Crippen LogP contribution < -0.4 is 10.5 Å². The van der Waals surface area contributed by atoms with Gasteiger partial charge in [-0.15, -0.1) is 0 Å². The first-order chi connectivity index (χ1) is 9.69. The molecule has 20 heavy (non-hydrogen) atoms. The molecule has 2 N–H and O–H groups in total. The van der Waals surface area contributed by atoms with E-state index < -0.39 is 5.91 Å². The monoisotopic (exact) mass is 275 g/mol. The number of rotatable bonds is 7. The summed E-state index contributed by atoms with van der Waals surface area (Å²) in [6, 6.07) is 7.09. The second-order valence-corrected chi connectivity index (χ2v) is 4.39. The molecule has 0 bridgehead atoms. The molecule has 1 aromatic heterocycles. The van der Waals surface area contributed by atoms with E-state index in [0.717, 1.165) is 24.8 Å². The van der Waals surface area contributed by atoms with Gasteiger partial charge in [0.25, 0.3) is 5.91 Å². The topological polar surface area (TPSA) is 91.2 Å². The maximum Gasteiger partial charge on any atom is 0.255 e. The highest BCUT2D eigenvalue weighted by Gasteiger charge is 2.08. The summed E-state index contributed by atoms with van der Waals surface area (Å²) < 4.78 is 10.4. The fourth-order valence-electron chi connectivity index (χ4n) is 1.66. The highest BCUT2D eigenvalue weighted by Crippen LogP contribution is 2.20. The number of nitrogens with zero attached hydrogens (tertiary/aromatic N) is 2. The van der Waals surface area contributed by atoms with E-state index in [1.165, 1.54) is 0 Å². The summed E-state index contributed by atoms with van der Waals surface area (Å²) in [6.07, 6.45) is 2.91. The Balaban J connectivity index is 2.01. The van der Waals surface area contributed by atoms with E-state index in [1.807, 2.05) is 12.1 Å². The molecule has 1 amide bonds. The summed E-state index contributed by atoms with van der Waals surface area (Å²) in [5.74, 6) is 1.27. The molecule has 0 saturated heterocycles. The maximum atomic E-state index is 10.6. The van der Waals surface area contributed by atoms with E-state index in [4.69, 9.17) is 15.0 Å². The molecule has 0 aliphatic heterocycles. The Morgan fingerprint density at radius 2 is 2.10 bits per heavy atom. The predicted molar refractivity (Wildman–Crippen MR) is 73.0 cm³/mol. The summed E-state index contributed by atoms with van der Waals surface area (Å²) in [7, 11) is 0. The highest BCUT2D eigenvalue weighted by molar-refractivity contribution is 5.75. The second-order valence-electron chi connectivity index (χ2n) is 4.39. The van der Waals surface area contributed by atoms with E-state index in [1.54, 1.807) is 12.1 Å². The average Bonchev–Trinajstić information content (AvgIpc) is 2.92. The summed E-state index contributed by atoms with van der Waals surface area (Å²) in [5.41, 5.74) is 5.84. The highest BCUT2D eigenvalue weighted by atomic mass is 16.5. The third-order valence-corrected chi connectivity index (χ3v) is 2.71. The quantitative estimate of drug-likeness (QED) is 0.833. The predicted octanol–water partition coefficient (Wildman–Crippen LogP) is 1.94. The molecule has 1 heterocycles. The number of benzene rings is 1. The van der Waals surface area contributed by atoms with Gasteiger partial charge < -0.3 is 15.0 Å². The van der Waals surface area contributed by atoms with Crippen molar-refractivity contribution in [3.63, 3.8) is 0 Å². The van der Waals surface area contributed by atoms with Crippen molar-refractivity contribution in [3.05, 3.63) is 30.2 Å². The molecule has 1 aromatic carbocycles. The lowest BCUT2D eigenvalue weighted by atomic mass is 10.2. The Morgan fingerprint density at radius 1 is 1.35 bits per heavy atom. The molecule has 0 unspecified atom stereocenters. The number of nitrogens with two attached hydrogens (primary N) is 1. The minimum Gasteiger partial charge on any atom is -0.484 e. The van der Waals surface area contributed by atoms with Crippen LogP contribution in [-0.2, 0) is 11.2 Å². The zero-order chi connectivity index (χ0) is 14.4. The number of unbranched alkanes of at least 4 members (excludes halogenated alkanes) is 1. The number of aryl methyl sites for hydroxylation is 1. The largest absolute Gasteiger partial charge is 0.484 e. The van der Waals surface area contributed by atoms with Crippen LogP contribution in [0.15, 0.2) is 28.8 Å². The minimum atomic E-state index is -0.507. The fourth-order valence-corrected chi connectivity index (χ4v) is 1.66. The summed E-state index contributed by atoms with van der Waals surface area (Å²) in [4.78, 5) is 14.9. The maximum absolute atomic E-state index is 10.6. The van der Waals surface area contributed by atoms with Crippen molar-refractivity contribution in [1.82, 2.24) is 10.1 Å². The Kier molecular flexibility index (Phi) is 4.70. The Hall–Kier alpha value is -2.37. The van der Waals surface area contributed by atoms with Crippen LogP contribution in [0.3, 0.4) is 0 Å². The molecule has 6 nitrogen and oxygen atoms in total. The molecular weight excluding hydrogens is 258 g/mol. The number of amides is 1. The van der Waals surface area contributed by atoms with E-state index in [0.29, 0.717) is 17.5 Å². The van der Waals surface area contributed by atoms with Gasteiger partial charge in [0.05, 0.1) is 0 Å². The third-order valence-electron chi connectivity index (χ3n) is 2.71. The van der Waals surface area contributed by atoms with Crippen LogP contribution in [0.1, 0.15) is 25.7 Å². The first-order valence-electron chi connectivity index (χ1n) is 6.53. The van der Waals surface area contributed by atoms with Gasteiger partial charge in [-0.2, -0.15) is 4.98 Å². The molecular formula is C14H17N3O3. The lowest BCUT2D eigenvalue weighted by Gasteiger charge is -2.03. The lowest BCUT2D eigenvalue weighted by Crippen LogP contribution is -2.19. The van der Waals surface area contributed by atoms with Crippen molar-refractivity contribution in [2.45, 2.75) is 26.2 Å². The van der Waals surface area contributed by atoms with Crippen molar-refractivity contribution in [3.8, 4) is 17.1 Å². The van der Waals surface area contributed by atoms with Crippen LogP contribution in [0.4, 0.5) is 0 Å². The van der Waals surface area contributed by atoms with Gasteiger partial charge in [0, 0.05) is 12.0 Å². The molecule has 2 aromatic rings. The lowest BCUT2D eigenvalue weighted by molar-refractivity contribution is -0.119. The van der Waals surface area contributed by atoms with Gasteiger partial charge in [0.1, 0.15) is 5.75 Å². The van der Waals surface area contributed by atoms with E-state index in [2.05, 4.69) is 17.1 Å². The smallest absolute Gasteiger partial charge is 0.255 e. The molecule has 6 heteroatoms. The summed E-state index contributed by atoms with van der Waals surface area (Å²) >= 11 is 0. The van der Waals surface area contributed by atoms with Crippen LogP contribution in [0.2, 0.25) is 0 Å². The van der Waals surface area contributed by atoms with E-state index in [9.17, 15) is 4.79 Å². The SMILES string of the molecule is CCCCc1nc(-c2ccc(OCC(N)=O)cc2)no1. The third kappa shape index (κ3) is 3.81. The first-order valence-corrected chi connectivity index (χ1v) is 6.53. The van der Waals surface area contributed by atoms with Gasteiger partial charge in [0.2, 0.25) is 11.7 Å². The van der Waals surface area contributed by atoms with Crippen molar-refractivity contribution >= 4 is 5.91 Å². The molecule has 106 valence electrons. The van der Waals surface area contributed by atoms with Crippen LogP contribution >= 0.6 is 0 Å². The van der Waals surface area contributed by atoms with Crippen LogP contribution in [0, 0.1) is 0 Å². The molecule has 0 aliphatic rings. The number of primary amides is 1. The number of aromatic nitrogens is 2. The standard InChI is InChI=1S/C14H17N3O3/c1-2-3-4-13-16-14(17-20-13)10-5-7-11(8-6-10)19-9-12(15)18/h5-8H,2-4,9H2,1H3,(H2,15,18). The summed E-state index contributed by atoms with van der Waals surface area (Å²) in [6.45, 7) is 1.98. The van der Waals surface area contributed by atoms with Crippen molar-refractivity contribution < 1.29 is 14.1 Å². The number of ether oxygens (including phenoxy) is 1. The molecule has 0 radical (unpaired) electrons. The molecule has 0 aliphatic carbocycles. The molecule has 0 spiro atoms. The Morgan fingerprint density at radius 3 is 2.75 bits per heavy atom. The molecule has 2 rings (SSSR count). The van der Waals surface area contributed by atoms with Crippen LogP contribution in [0.5, 0.6) is 5.75 Å². The summed E-state index contributed by atoms with van der Waals surface area (Å²) in [5, 5.41) is 3.94. The molecule has 0 atom stereocenters.